The lowest BCUT2D eigenvalue weighted by atomic mass is 9.97. The summed E-state index contributed by atoms with van der Waals surface area (Å²) < 4.78 is 5.97. The summed E-state index contributed by atoms with van der Waals surface area (Å²) in [7, 11) is 0. The Morgan fingerprint density at radius 2 is 1.64 bits per heavy atom. The van der Waals surface area contributed by atoms with Gasteiger partial charge in [0, 0.05) is 13.1 Å². The highest BCUT2D eigenvalue weighted by atomic mass is 16.5. The third-order valence-electron chi connectivity index (χ3n) is 4.79. The van der Waals surface area contributed by atoms with Crippen LogP contribution in [0.5, 0.6) is 0 Å². The summed E-state index contributed by atoms with van der Waals surface area (Å²) in [5.41, 5.74) is 6.57. The number of fused-ring (bicyclic) bond motifs is 1. The molecule has 2 heteroatoms. The maximum Gasteiger partial charge on any atom is 0.0952 e. The predicted molar refractivity (Wildman–Crippen MR) is 102 cm³/mol. The highest BCUT2D eigenvalue weighted by Crippen LogP contribution is 2.26. The molecule has 3 aromatic carbocycles. The molecule has 0 saturated heterocycles. The average Bonchev–Trinajstić information content (AvgIpc) is 2.69. The number of nitrogens with one attached hydrogen (secondary N) is 1. The monoisotopic (exact) mass is 329 g/mol. The van der Waals surface area contributed by atoms with E-state index in [-0.39, 0.29) is 6.10 Å². The van der Waals surface area contributed by atoms with Crippen molar-refractivity contribution in [3.05, 3.63) is 95.6 Å². The molecule has 1 aliphatic heterocycles. The summed E-state index contributed by atoms with van der Waals surface area (Å²) >= 11 is 0. The number of hydrogen-bond donors (Lipinski definition) is 1. The molecule has 1 N–H and O–H groups in total. The predicted octanol–water partition coefficient (Wildman–Crippen LogP) is 4.76. The standard InChI is InChI=1S/C23H23NO/c1-2-8-19(9-3-1)21-11-6-7-18(15-21)16-24-17-23-22-12-5-4-10-20(22)13-14-25-23/h1-12,15,23-24H,13-14,16-17H2. The molecule has 0 saturated carbocycles. The first kappa shape index (κ1) is 16.1. The summed E-state index contributed by atoms with van der Waals surface area (Å²) in [4.78, 5) is 0. The molecule has 1 atom stereocenters. The van der Waals surface area contributed by atoms with Crippen LogP contribution in [-0.2, 0) is 17.7 Å². The zero-order valence-corrected chi connectivity index (χ0v) is 14.3. The maximum absolute atomic E-state index is 5.97. The fourth-order valence-electron chi connectivity index (χ4n) is 3.48. The summed E-state index contributed by atoms with van der Waals surface area (Å²) in [5, 5.41) is 3.57. The number of rotatable bonds is 5. The zero-order valence-electron chi connectivity index (χ0n) is 14.3. The summed E-state index contributed by atoms with van der Waals surface area (Å²) in [5.74, 6) is 0. The SMILES string of the molecule is c1ccc(-c2cccc(CNCC3OCCc4ccccc43)c2)cc1. The minimum absolute atomic E-state index is 0.155. The van der Waals surface area contributed by atoms with Gasteiger partial charge in [-0.15, -0.1) is 0 Å². The molecule has 126 valence electrons. The Morgan fingerprint density at radius 3 is 2.56 bits per heavy atom. The van der Waals surface area contributed by atoms with Gasteiger partial charge in [0.05, 0.1) is 12.7 Å². The van der Waals surface area contributed by atoms with E-state index in [2.05, 4.69) is 84.2 Å². The molecule has 0 bridgehead atoms. The Labute approximate surface area is 149 Å². The third kappa shape index (κ3) is 3.81. The van der Waals surface area contributed by atoms with Gasteiger partial charge >= 0.3 is 0 Å². The van der Waals surface area contributed by atoms with E-state index in [0.717, 1.165) is 26.1 Å². The fourth-order valence-corrected chi connectivity index (χ4v) is 3.48. The molecular formula is C23H23NO. The van der Waals surface area contributed by atoms with Crippen LogP contribution in [0.3, 0.4) is 0 Å². The van der Waals surface area contributed by atoms with Crippen molar-refractivity contribution in [2.75, 3.05) is 13.2 Å². The van der Waals surface area contributed by atoms with Gasteiger partial charge in [0.15, 0.2) is 0 Å². The molecule has 0 fully saturated rings. The average molecular weight is 329 g/mol. The van der Waals surface area contributed by atoms with E-state index in [1.165, 1.54) is 27.8 Å². The van der Waals surface area contributed by atoms with Gasteiger partial charge in [-0.25, -0.2) is 0 Å². The molecular weight excluding hydrogens is 306 g/mol. The largest absolute Gasteiger partial charge is 0.372 e. The Balaban J connectivity index is 1.40. The van der Waals surface area contributed by atoms with Gasteiger partial charge in [0.25, 0.3) is 0 Å². The smallest absolute Gasteiger partial charge is 0.0952 e. The van der Waals surface area contributed by atoms with E-state index in [4.69, 9.17) is 4.74 Å². The molecule has 3 aromatic rings. The summed E-state index contributed by atoms with van der Waals surface area (Å²) in [6, 6.07) is 27.9. The molecule has 0 spiro atoms. The second-order valence-electron chi connectivity index (χ2n) is 6.51. The molecule has 1 heterocycles. The van der Waals surface area contributed by atoms with Gasteiger partial charge in [0.1, 0.15) is 0 Å². The molecule has 4 rings (SSSR count). The van der Waals surface area contributed by atoms with Crippen molar-refractivity contribution in [1.29, 1.82) is 0 Å². The van der Waals surface area contributed by atoms with Crippen molar-refractivity contribution in [3.63, 3.8) is 0 Å². The van der Waals surface area contributed by atoms with E-state index in [1.807, 2.05) is 0 Å². The molecule has 2 nitrogen and oxygen atoms in total. The van der Waals surface area contributed by atoms with Crippen LogP contribution in [0.4, 0.5) is 0 Å². The van der Waals surface area contributed by atoms with Crippen molar-refractivity contribution in [3.8, 4) is 11.1 Å². The van der Waals surface area contributed by atoms with Crippen LogP contribution >= 0.6 is 0 Å². The number of ether oxygens (including phenoxy) is 1. The van der Waals surface area contributed by atoms with Crippen molar-refractivity contribution < 1.29 is 4.74 Å². The fraction of sp³-hybridized carbons (Fsp3) is 0.217. The summed E-state index contributed by atoms with van der Waals surface area (Å²) in [6.45, 7) is 2.50. The zero-order chi connectivity index (χ0) is 16.9. The number of benzene rings is 3. The minimum Gasteiger partial charge on any atom is -0.372 e. The van der Waals surface area contributed by atoms with Gasteiger partial charge in [-0.2, -0.15) is 0 Å². The lowest BCUT2D eigenvalue weighted by Crippen LogP contribution is -2.27. The highest BCUT2D eigenvalue weighted by molar-refractivity contribution is 5.63. The third-order valence-corrected chi connectivity index (χ3v) is 4.79. The van der Waals surface area contributed by atoms with E-state index < -0.39 is 0 Å². The van der Waals surface area contributed by atoms with Gasteiger partial charge in [0.2, 0.25) is 0 Å². The Bertz CT molecular complexity index is 828. The Hall–Kier alpha value is -2.42. The normalized spacial score (nSPS) is 16.4. The topological polar surface area (TPSA) is 21.3 Å². The molecule has 0 radical (unpaired) electrons. The van der Waals surface area contributed by atoms with E-state index in [0.29, 0.717) is 0 Å². The number of hydrogen-bond acceptors (Lipinski definition) is 2. The molecule has 1 aliphatic rings. The van der Waals surface area contributed by atoms with E-state index >= 15 is 0 Å². The van der Waals surface area contributed by atoms with Crippen LogP contribution < -0.4 is 5.32 Å². The molecule has 0 aromatic heterocycles. The first-order valence-corrected chi connectivity index (χ1v) is 8.94. The van der Waals surface area contributed by atoms with Crippen molar-refractivity contribution in [1.82, 2.24) is 5.32 Å². The highest BCUT2D eigenvalue weighted by Gasteiger charge is 2.19. The molecule has 25 heavy (non-hydrogen) atoms. The van der Waals surface area contributed by atoms with E-state index in [1.54, 1.807) is 0 Å². The van der Waals surface area contributed by atoms with Crippen LogP contribution in [0, 0.1) is 0 Å². The van der Waals surface area contributed by atoms with Crippen molar-refractivity contribution >= 4 is 0 Å². The van der Waals surface area contributed by atoms with Crippen LogP contribution in [-0.4, -0.2) is 13.2 Å². The van der Waals surface area contributed by atoms with Gasteiger partial charge in [-0.1, -0.05) is 72.8 Å². The second kappa shape index (κ2) is 7.64. The van der Waals surface area contributed by atoms with Crippen molar-refractivity contribution in [2.45, 2.75) is 19.1 Å². The minimum atomic E-state index is 0.155. The summed E-state index contributed by atoms with van der Waals surface area (Å²) in [6.07, 6.45) is 1.17. The molecule has 0 amide bonds. The van der Waals surface area contributed by atoms with Crippen molar-refractivity contribution in [2.24, 2.45) is 0 Å². The molecule has 0 aliphatic carbocycles. The first-order chi connectivity index (χ1) is 12.4. The quantitative estimate of drug-likeness (QED) is 0.729. The van der Waals surface area contributed by atoms with Gasteiger partial charge < -0.3 is 10.1 Å². The first-order valence-electron chi connectivity index (χ1n) is 8.94. The van der Waals surface area contributed by atoms with Crippen LogP contribution in [0.2, 0.25) is 0 Å². The second-order valence-corrected chi connectivity index (χ2v) is 6.51. The van der Waals surface area contributed by atoms with Crippen LogP contribution in [0.15, 0.2) is 78.9 Å². The van der Waals surface area contributed by atoms with E-state index in [9.17, 15) is 0 Å². The maximum atomic E-state index is 5.97. The van der Waals surface area contributed by atoms with Gasteiger partial charge in [-0.3, -0.25) is 0 Å². The van der Waals surface area contributed by atoms with Crippen LogP contribution in [0.1, 0.15) is 22.8 Å². The van der Waals surface area contributed by atoms with Crippen LogP contribution in [0.25, 0.3) is 11.1 Å². The molecule has 1 unspecified atom stereocenters. The lowest BCUT2D eigenvalue weighted by Gasteiger charge is -2.26. The van der Waals surface area contributed by atoms with Gasteiger partial charge in [-0.05, 0) is 40.3 Å². The Kier molecular flexibility index (Phi) is 4.91. The Morgan fingerprint density at radius 1 is 0.840 bits per heavy atom. The lowest BCUT2D eigenvalue weighted by molar-refractivity contribution is 0.0423.